The highest BCUT2D eigenvalue weighted by Crippen LogP contribution is 2.05. The molecule has 1 aromatic carbocycles. The molecule has 2 nitrogen and oxygen atoms in total. The van der Waals surface area contributed by atoms with Crippen molar-refractivity contribution < 1.29 is 4.74 Å². The zero-order valence-corrected chi connectivity index (χ0v) is 6.08. The number of aliphatic imine (C=N–C) groups is 1. The molecule has 1 radical (unpaired) electrons. The summed E-state index contributed by atoms with van der Waals surface area (Å²) >= 11 is 0. The van der Waals surface area contributed by atoms with Gasteiger partial charge in [-0.25, -0.2) is 4.99 Å². The topological polar surface area (TPSA) is 21.6 Å². The molecule has 1 aliphatic heterocycles. The van der Waals surface area contributed by atoms with Gasteiger partial charge in [-0.3, -0.25) is 0 Å². The quantitative estimate of drug-likeness (QED) is 0.584. The molecule has 0 N–H and O–H groups in total. The SMILES string of the molecule is [c]1ccc(C2=NCCO2)cc1. The van der Waals surface area contributed by atoms with Crippen molar-refractivity contribution >= 4 is 5.90 Å². The zero-order chi connectivity index (χ0) is 7.52. The van der Waals surface area contributed by atoms with Gasteiger partial charge in [0.1, 0.15) is 6.61 Å². The van der Waals surface area contributed by atoms with Crippen LogP contribution in [0.2, 0.25) is 0 Å². The number of hydrogen-bond donors (Lipinski definition) is 0. The summed E-state index contributed by atoms with van der Waals surface area (Å²) in [6.45, 7) is 1.50. The highest BCUT2D eigenvalue weighted by Gasteiger charge is 2.07. The second-order valence-corrected chi connectivity index (χ2v) is 2.32. The molecular formula is C9H8NO. The van der Waals surface area contributed by atoms with E-state index >= 15 is 0 Å². The van der Waals surface area contributed by atoms with Gasteiger partial charge in [-0.05, 0) is 18.2 Å². The maximum atomic E-state index is 5.28. The fourth-order valence-electron chi connectivity index (χ4n) is 1.04. The lowest BCUT2D eigenvalue weighted by Gasteiger charge is -1.98. The molecule has 0 spiro atoms. The van der Waals surface area contributed by atoms with Gasteiger partial charge in [0.05, 0.1) is 6.54 Å². The van der Waals surface area contributed by atoms with E-state index in [0.717, 1.165) is 18.0 Å². The monoisotopic (exact) mass is 146 g/mol. The largest absolute Gasteiger partial charge is 0.476 e. The fourth-order valence-corrected chi connectivity index (χ4v) is 1.04. The lowest BCUT2D eigenvalue weighted by molar-refractivity contribution is 0.348. The summed E-state index contributed by atoms with van der Waals surface area (Å²) in [7, 11) is 0. The Morgan fingerprint density at radius 1 is 1.36 bits per heavy atom. The predicted molar refractivity (Wildman–Crippen MR) is 42.6 cm³/mol. The lowest BCUT2D eigenvalue weighted by Crippen LogP contribution is -1.99. The van der Waals surface area contributed by atoms with Crippen LogP contribution < -0.4 is 0 Å². The minimum Gasteiger partial charge on any atom is -0.476 e. The third kappa shape index (κ3) is 1.24. The summed E-state index contributed by atoms with van der Waals surface area (Å²) < 4.78 is 5.28. The summed E-state index contributed by atoms with van der Waals surface area (Å²) in [5, 5.41) is 0. The van der Waals surface area contributed by atoms with E-state index in [-0.39, 0.29) is 0 Å². The van der Waals surface area contributed by atoms with Gasteiger partial charge in [0.2, 0.25) is 5.90 Å². The highest BCUT2D eigenvalue weighted by atomic mass is 16.5. The molecule has 0 aromatic heterocycles. The van der Waals surface area contributed by atoms with Crippen LogP contribution in [0.1, 0.15) is 5.56 Å². The van der Waals surface area contributed by atoms with E-state index < -0.39 is 0 Å². The Morgan fingerprint density at radius 3 is 2.82 bits per heavy atom. The minimum atomic E-state index is 0.716. The van der Waals surface area contributed by atoms with Gasteiger partial charge >= 0.3 is 0 Å². The van der Waals surface area contributed by atoms with Crippen molar-refractivity contribution in [2.24, 2.45) is 4.99 Å². The van der Waals surface area contributed by atoms with Gasteiger partial charge in [0.25, 0.3) is 0 Å². The first-order valence-electron chi connectivity index (χ1n) is 3.60. The molecule has 0 amide bonds. The second-order valence-electron chi connectivity index (χ2n) is 2.32. The van der Waals surface area contributed by atoms with Crippen molar-refractivity contribution in [1.82, 2.24) is 0 Å². The van der Waals surface area contributed by atoms with E-state index in [9.17, 15) is 0 Å². The molecule has 0 aliphatic carbocycles. The van der Waals surface area contributed by atoms with Gasteiger partial charge in [-0.1, -0.05) is 12.1 Å². The molecule has 55 valence electrons. The van der Waals surface area contributed by atoms with Gasteiger partial charge in [0, 0.05) is 5.56 Å². The summed E-state index contributed by atoms with van der Waals surface area (Å²) in [5.41, 5.74) is 1.04. The number of hydrogen-bond acceptors (Lipinski definition) is 2. The average molecular weight is 146 g/mol. The van der Waals surface area contributed by atoms with Crippen LogP contribution in [0, 0.1) is 6.07 Å². The number of ether oxygens (including phenoxy) is 1. The molecule has 2 heteroatoms. The summed E-state index contributed by atoms with van der Waals surface area (Å²) in [6, 6.07) is 10.6. The molecule has 0 bridgehead atoms. The Kier molecular flexibility index (Phi) is 1.60. The van der Waals surface area contributed by atoms with Crippen molar-refractivity contribution in [3.05, 3.63) is 35.9 Å². The van der Waals surface area contributed by atoms with Crippen LogP contribution in [0.5, 0.6) is 0 Å². The van der Waals surface area contributed by atoms with Crippen LogP contribution in [-0.2, 0) is 4.74 Å². The Labute approximate surface area is 65.5 Å². The van der Waals surface area contributed by atoms with E-state index in [4.69, 9.17) is 4.74 Å². The van der Waals surface area contributed by atoms with Crippen LogP contribution in [0.4, 0.5) is 0 Å². The molecule has 0 saturated carbocycles. The third-order valence-electron chi connectivity index (χ3n) is 1.55. The Balaban J connectivity index is 2.29. The number of rotatable bonds is 1. The number of benzene rings is 1. The molecule has 1 heterocycles. The molecule has 2 rings (SSSR count). The van der Waals surface area contributed by atoms with E-state index in [1.807, 2.05) is 24.3 Å². The number of nitrogens with zero attached hydrogens (tertiary/aromatic N) is 1. The lowest BCUT2D eigenvalue weighted by atomic mass is 10.2. The maximum absolute atomic E-state index is 5.28. The standard InChI is InChI=1S/C9H8NO/c1-2-4-8(5-3-1)9-10-6-7-11-9/h2-5H,6-7H2. The summed E-state index contributed by atoms with van der Waals surface area (Å²) in [6.07, 6.45) is 0. The van der Waals surface area contributed by atoms with Crippen LogP contribution in [-0.4, -0.2) is 19.0 Å². The molecule has 0 saturated heterocycles. The molecule has 1 aliphatic rings. The first-order chi connectivity index (χ1) is 5.47. The average Bonchev–Trinajstić information content (AvgIpc) is 2.58. The van der Waals surface area contributed by atoms with Gasteiger partial charge in [0.15, 0.2) is 0 Å². The minimum absolute atomic E-state index is 0.716. The molecule has 0 fully saturated rings. The first kappa shape index (κ1) is 6.40. The molecule has 0 atom stereocenters. The van der Waals surface area contributed by atoms with Gasteiger partial charge in [-0.2, -0.15) is 0 Å². The predicted octanol–water partition coefficient (Wildman–Crippen LogP) is 1.26. The van der Waals surface area contributed by atoms with Crippen LogP contribution in [0.3, 0.4) is 0 Å². The summed E-state index contributed by atoms with van der Waals surface area (Å²) in [5.74, 6) is 0.763. The molecular weight excluding hydrogens is 138 g/mol. The van der Waals surface area contributed by atoms with Crippen molar-refractivity contribution in [3.8, 4) is 0 Å². The smallest absolute Gasteiger partial charge is 0.216 e. The van der Waals surface area contributed by atoms with Crippen LogP contribution >= 0.6 is 0 Å². The fraction of sp³-hybridized carbons (Fsp3) is 0.222. The van der Waals surface area contributed by atoms with E-state index in [1.54, 1.807) is 0 Å². The van der Waals surface area contributed by atoms with Crippen LogP contribution in [0.25, 0.3) is 0 Å². The third-order valence-corrected chi connectivity index (χ3v) is 1.55. The Bertz CT molecular complexity index is 266. The van der Waals surface area contributed by atoms with Gasteiger partial charge in [-0.15, -0.1) is 0 Å². The second kappa shape index (κ2) is 2.74. The van der Waals surface area contributed by atoms with Crippen molar-refractivity contribution in [2.75, 3.05) is 13.2 Å². The normalized spacial score (nSPS) is 15.8. The zero-order valence-electron chi connectivity index (χ0n) is 6.08. The van der Waals surface area contributed by atoms with Crippen molar-refractivity contribution in [2.45, 2.75) is 0 Å². The van der Waals surface area contributed by atoms with Gasteiger partial charge < -0.3 is 4.74 Å². The summed E-state index contributed by atoms with van der Waals surface area (Å²) in [4.78, 5) is 4.19. The first-order valence-corrected chi connectivity index (χ1v) is 3.60. The molecule has 0 unspecified atom stereocenters. The van der Waals surface area contributed by atoms with E-state index in [1.165, 1.54) is 0 Å². The Morgan fingerprint density at radius 2 is 2.18 bits per heavy atom. The molecule has 11 heavy (non-hydrogen) atoms. The van der Waals surface area contributed by atoms with E-state index in [0.29, 0.717) is 6.61 Å². The van der Waals surface area contributed by atoms with Crippen molar-refractivity contribution in [3.63, 3.8) is 0 Å². The van der Waals surface area contributed by atoms with E-state index in [2.05, 4.69) is 11.1 Å². The molecule has 1 aromatic rings. The Hall–Kier alpha value is -1.31. The van der Waals surface area contributed by atoms with Crippen LogP contribution in [0.15, 0.2) is 29.3 Å². The maximum Gasteiger partial charge on any atom is 0.216 e. The highest BCUT2D eigenvalue weighted by molar-refractivity contribution is 5.94. The van der Waals surface area contributed by atoms with Crippen molar-refractivity contribution in [1.29, 1.82) is 0 Å².